The minimum Gasteiger partial charge on any atom is -0.467 e. The van der Waals surface area contributed by atoms with Crippen molar-refractivity contribution in [2.45, 2.75) is 38.5 Å². The zero-order valence-electron chi connectivity index (χ0n) is 22.0. The molecule has 2 aromatic heterocycles. The number of alkyl halides is 3. The number of fused-ring (bicyclic) bond motifs is 2. The monoisotopic (exact) mass is 576 g/mol. The smallest absolute Gasteiger partial charge is 0.417 e. The molecule has 0 bridgehead atoms. The van der Waals surface area contributed by atoms with E-state index in [1.54, 1.807) is 0 Å². The van der Waals surface area contributed by atoms with Crippen molar-refractivity contribution in [2.75, 3.05) is 37.9 Å². The summed E-state index contributed by atoms with van der Waals surface area (Å²) in [5.41, 5.74) is 2.80. The number of nitrogen functional groups attached to an aromatic ring is 1. The van der Waals surface area contributed by atoms with Gasteiger partial charge in [0.15, 0.2) is 5.82 Å². The third-order valence-corrected chi connectivity index (χ3v) is 8.65. The van der Waals surface area contributed by atoms with Crippen LogP contribution in [0.25, 0.3) is 32.1 Å². The second kappa shape index (κ2) is 10.0. The average Bonchev–Trinajstić information content (AvgIpc) is 3.43. The molecule has 1 aliphatic heterocycles. The van der Waals surface area contributed by atoms with E-state index in [9.17, 15) is 22.8 Å². The Bertz CT molecular complexity index is 1680. The fourth-order valence-corrected chi connectivity index (χ4v) is 6.48. The number of methoxy groups -OCH3 is 1. The summed E-state index contributed by atoms with van der Waals surface area (Å²) in [4.78, 5) is 12.5. The summed E-state index contributed by atoms with van der Waals surface area (Å²) in [7, 11) is 3.24. The Morgan fingerprint density at radius 1 is 1.27 bits per heavy atom. The number of hydrogen-bond acceptors (Lipinski definition) is 8. The van der Waals surface area contributed by atoms with Gasteiger partial charge in [-0.1, -0.05) is 6.07 Å². The van der Waals surface area contributed by atoms with Crippen molar-refractivity contribution < 1.29 is 26.7 Å². The first kappa shape index (κ1) is 27.8. The topological polar surface area (TPSA) is 91.3 Å². The second-order valence-electron chi connectivity index (χ2n) is 9.66. The molecule has 40 heavy (non-hydrogen) atoms. The standard InChI is InChI=1S/C27H25F5N6OS/c1-5-38(18-8-9-37(3)12(18)2)25-14-10-16(27(30,31)32)20(21(29)22(14)35-26(36-25)39-4)13-6-7-17(28)23-19(13)15(11-33)24(34)40-23/h6-7,10,12,18H,5,8-9,34H2,1-4H3/t12-,18-/m1/s1. The number of rotatable bonds is 5. The zero-order valence-corrected chi connectivity index (χ0v) is 22.8. The van der Waals surface area contributed by atoms with Gasteiger partial charge in [-0.15, -0.1) is 11.3 Å². The number of nitrogens with two attached hydrogens (primary N) is 1. The van der Waals surface area contributed by atoms with Crippen LogP contribution < -0.4 is 15.4 Å². The number of halogens is 5. The molecule has 7 nitrogen and oxygen atoms in total. The normalized spacial score (nSPS) is 18.0. The number of thiophene rings is 1. The Hall–Kier alpha value is -3.76. The van der Waals surface area contributed by atoms with E-state index in [2.05, 4.69) is 14.9 Å². The van der Waals surface area contributed by atoms with Gasteiger partial charge in [-0.2, -0.15) is 28.4 Å². The fraction of sp³-hybridized carbons (Fsp3) is 0.370. The highest BCUT2D eigenvalue weighted by Crippen LogP contribution is 2.48. The number of hydrogen-bond donors (Lipinski definition) is 1. The third kappa shape index (κ3) is 4.26. The van der Waals surface area contributed by atoms with E-state index >= 15 is 4.39 Å². The third-order valence-electron chi connectivity index (χ3n) is 7.62. The van der Waals surface area contributed by atoms with Crippen molar-refractivity contribution in [3.63, 3.8) is 0 Å². The van der Waals surface area contributed by atoms with Crippen LogP contribution in [0.5, 0.6) is 6.01 Å². The van der Waals surface area contributed by atoms with Crippen molar-refractivity contribution in [1.29, 1.82) is 5.26 Å². The van der Waals surface area contributed by atoms with Gasteiger partial charge in [0.05, 0.1) is 22.9 Å². The largest absolute Gasteiger partial charge is 0.467 e. The lowest BCUT2D eigenvalue weighted by Crippen LogP contribution is -2.43. The van der Waals surface area contributed by atoms with Crippen molar-refractivity contribution in [1.82, 2.24) is 14.9 Å². The molecule has 0 saturated carbocycles. The summed E-state index contributed by atoms with van der Waals surface area (Å²) in [5, 5.41) is 9.26. The van der Waals surface area contributed by atoms with E-state index in [1.165, 1.54) is 7.11 Å². The molecule has 4 aromatic rings. The second-order valence-corrected chi connectivity index (χ2v) is 10.7. The minimum atomic E-state index is -5.02. The molecule has 2 N–H and O–H groups in total. The van der Waals surface area contributed by atoms with Gasteiger partial charge in [-0.05, 0) is 45.0 Å². The van der Waals surface area contributed by atoms with Crippen LogP contribution in [0.2, 0.25) is 0 Å². The quantitative estimate of drug-likeness (QED) is 0.283. The first-order chi connectivity index (χ1) is 18.9. The summed E-state index contributed by atoms with van der Waals surface area (Å²) in [5.74, 6) is -1.96. The highest BCUT2D eigenvalue weighted by atomic mass is 32.1. The molecular weight excluding hydrogens is 551 g/mol. The van der Waals surface area contributed by atoms with Crippen LogP contribution in [0, 0.1) is 23.0 Å². The Labute approximate surface area is 230 Å². The van der Waals surface area contributed by atoms with E-state index in [4.69, 9.17) is 10.5 Å². The molecule has 0 radical (unpaired) electrons. The number of likely N-dealkylation sites (N-methyl/N-ethyl adjacent to an activating group) is 2. The number of aromatic nitrogens is 2. The molecule has 210 valence electrons. The van der Waals surface area contributed by atoms with Crippen molar-refractivity contribution in [3.05, 3.63) is 41.0 Å². The summed E-state index contributed by atoms with van der Waals surface area (Å²) >= 11 is 0.712. The number of ether oxygens (including phenoxy) is 1. The van der Waals surface area contributed by atoms with Crippen LogP contribution in [0.4, 0.5) is 32.8 Å². The number of likely N-dealkylation sites (tertiary alicyclic amines) is 1. The summed E-state index contributed by atoms with van der Waals surface area (Å²) in [6.45, 7) is 5.03. The van der Waals surface area contributed by atoms with E-state index < -0.39 is 28.9 Å². The summed E-state index contributed by atoms with van der Waals surface area (Å²) < 4.78 is 80.3. The molecule has 5 rings (SSSR count). The number of anilines is 2. The minimum absolute atomic E-state index is 0.0584. The maximum Gasteiger partial charge on any atom is 0.417 e. The molecule has 0 amide bonds. The number of benzene rings is 2. The van der Waals surface area contributed by atoms with E-state index in [0.717, 1.165) is 31.2 Å². The number of nitrogens with zero attached hydrogens (tertiary/aromatic N) is 5. The maximum absolute atomic E-state index is 16.5. The highest BCUT2D eigenvalue weighted by molar-refractivity contribution is 7.23. The lowest BCUT2D eigenvalue weighted by Gasteiger charge is -2.34. The molecule has 1 saturated heterocycles. The molecule has 0 unspecified atom stereocenters. The SMILES string of the molecule is CCN(c1nc(OC)nc2c(F)c(-c3ccc(F)c4sc(N)c(C#N)c34)c(C(F)(F)F)cc12)[C@@H]1CCN(C)[C@@H]1C. The summed E-state index contributed by atoms with van der Waals surface area (Å²) in [6, 6.07) is 4.34. The first-order valence-corrected chi connectivity index (χ1v) is 13.3. The predicted molar refractivity (Wildman–Crippen MR) is 144 cm³/mol. The summed E-state index contributed by atoms with van der Waals surface area (Å²) in [6.07, 6.45) is -4.29. The molecule has 1 fully saturated rings. The van der Waals surface area contributed by atoms with Gasteiger partial charge in [-0.3, -0.25) is 0 Å². The fourth-order valence-electron chi connectivity index (χ4n) is 5.53. The van der Waals surface area contributed by atoms with Gasteiger partial charge in [0, 0.05) is 41.5 Å². The molecule has 13 heteroatoms. The zero-order chi connectivity index (χ0) is 29.1. The van der Waals surface area contributed by atoms with E-state index in [1.807, 2.05) is 31.9 Å². The van der Waals surface area contributed by atoms with Crippen LogP contribution in [-0.4, -0.2) is 54.2 Å². The molecule has 0 aliphatic carbocycles. The van der Waals surface area contributed by atoms with Gasteiger partial charge < -0.3 is 20.3 Å². The highest BCUT2D eigenvalue weighted by Gasteiger charge is 2.40. The first-order valence-electron chi connectivity index (χ1n) is 12.5. The number of nitriles is 1. The van der Waals surface area contributed by atoms with Crippen LogP contribution >= 0.6 is 11.3 Å². The molecule has 3 heterocycles. The predicted octanol–water partition coefficient (Wildman–Crippen LogP) is 6.19. The van der Waals surface area contributed by atoms with Crippen molar-refractivity contribution in [3.8, 4) is 23.2 Å². The van der Waals surface area contributed by atoms with E-state index in [-0.39, 0.29) is 61.0 Å². The molecular formula is C27H25F5N6OS. The van der Waals surface area contributed by atoms with Gasteiger partial charge in [0.1, 0.15) is 28.2 Å². The molecule has 2 atom stereocenters. The molecule has 2 aromatic carbocycles. The van der Waals surface area contributed by atoms with Crippen molar-refractivity contribution in [2.24, 2.45) is 0 Å². The Morgan fingerprint density at radius 2 is 2.00 bits per heavy atom. The van der Waals surface area contributed by atoms with E-state index in [0.29, 0.717) is 17.9 Å². The van der Waals surface area contributed by atoms with Crippen LogP contribution in [0.3, 0.4) is 0 Å². The van der Waals surface area contributed by atoms with Gasteiger partial charge >= 0.3 is 12.2 Å². The maximum atomic E-state index is 16.5. The van der Waals surface area contributed by atoms with Crippen molar-refractivity contribution >= 4 is 43.1 Å². The van der Waals surface area contributed by atoms with Gasteiger partial charge in [0.2, 0.25) is 0 Å². The Morgan fingerprint density at radius 3 is 2.58 bits per heavy atom. The lowest BCUT2D eigenvalue weighted by atomic mass is 9.92. The Kier molecular flexibility index (Phi) is 6.96. The lowest BCUT2D eigenvalue weighted by molar-refractivity contribution is -0.137. The van der Waals surface area contributed by atoms with Gasteiger partial charge in [0.25, 0.3) is 0 Å². The van der Waals surface area contributed by atoms with Crippen LogP contribution in [-0.2, 0) is 6.18 Å². The van der Waals surface area contributed by atoms with Crippen LogP contribution in [0.1, 0.15) is 31.4 Å². The van der Waals surface area contributed by atoms with Crippen LogP contribution in [0.15, 0.2) is 18.2 Å². The Balaban J connectivity index is 1.89. The molecule has 0 spiro atoms. The van der Waals surface area contributed by atoms with Gasteiger partial charge in [-0.25, -0.2) is 8.78 Å². The average molecular weight is 577 g/mol. The molecule has 1 aliphatic rings.